The molecule has 1 heterocycles. The van der Waals surface area contributed by atoms with Crippen LogP contribution in [0.25, 0.3) is 10.9 Å². The fourth-order valence-electron chi connectivity index (χ4n) is 1.61. The van der Waals surface area contributed by atoms with Crippen LogP contribution < -0.4 is 0 Å². The predicted octanol–water partition coefficient (Wildman–Crippen LogP) is 3.19. The molecule has 1 aromatic heterocycles. The van der Waals surface area contributed by atoms with E-state index in [0.29, 0.717) is 11.8 Å². The minimum atomic E-state index is -0.302. The zero-order valence-electron chi connectivity index (χ0n) is 10.4. The molecule has 2 aromatic rings. The van der Waals surface area contributed by atoms with Crippen LogP contribution in [0.5, 0.6) is 0 Å². The van der Waals surface area contributed by atoms with Gasteiger partial charge in [0.2, 0.25) is 0 Å². The highest BCUT2D eigenvalue weighted by atomic mass is 35.5. The van der Waals surface area contributed by atoms with E-state index in [2.05, 4.69) is 16.8 Å². The number of fused-ring (bicyclic) bond motifs is 1. The van der Waals surface area contributed by atoms with Crippen molar-refractivity contribution in [3.8, 4) is 11.8 Å². The van der Waals surface area contributed by atoms with Crippen LogP contribution in [0.1, 0.15) is 18.9 Å². The molecule has 0 atom stereocenters. The summed E-state index contributed by atoms with van der Waals surface area (Å²) in [6.45, 7) is 2.15. The van der Waals surface area contributed by atoms with Gasteiger partial charge < -0.3 is 4.74 Å². The summed E-state index contributed by atoms with van der Waals surface area (Å²) in [5.41, 5.74) is 1.66. The number of esters is 1. The number of rotatable bonds is 2. The van der Waals surface area contributed by atoms with E-state index in [1.54, 1.807) is 13.0 Å². The first-order valence-electron chi connectivity index (χ1n) is 5.90. The van der Waals surface area contributed by atoms with E-state index in [-0.39, 0.29) is 12.4 Å². The second-order valence-corrected chi connectivity index (χ2v) is 4.21. The van der Waals surface area contributed by atoms with Crippen molar-refractivity contribution >= 4 is 28.5 Å². The Morgan fingerprint density at radius 2 is 2.21 bits per heavy atom. The third kappa shape index (κ3) is 3.70. The molecular weight excluding hydrogens is 262 g/mol. The van der Waals surface area contributed by atoms with Crippen molar-refractivity contribution in [1.82, 2.24) is 4.98 Å². The molecule has 0 aliphatic carbocycles. The molecule has 0 aliphatic rings. The molecule has 0 radical (unpaired) electrons. The van der Waals surface area contributed by atoms with E-state index in [0.717, 1.165) is 16.5 Å². The molecule has 3 nitrogen and oxygen atoms in total. The molecule has 0 saturated carbocycles. The second kappa shape index (κ2) is 6.21. The predicted molar refractivity (Wildman–Crippen MR) is 74.9 cm³/mol. The molecule has 4 heteroatoms. The van der Waals surface area contributed by atoms with Crippen LogP contribution in [0.2, 0.25) is 5.15 Å². The van der Waals surface area contributed by atoms with Gasteiger partial charge in [0.05, 0.1) is 12.1 Å². The lowest BCUT2D eigenvalue weighted by atomic mass is 10.1. The first-order chi connectivity index (χ1) is 9.19. The molecule has 0 fully saturated rings. The number of carbonyl (C=O) groups is 1. The van der Waals surface area contributed by atoms with E-state index in [1.165, 1.54) is 0 Å². The van der Waals surface area contributed by atoms with Gasteiger partial charge in [-0.15, -0.1) is 0 Å². The van der Waals surface area contributed by atoms with Crippen LogP contribution in [0.15, 0.2) is 30.3 Å². The maximum atomic E-state index is 11.1. The van der Waals surface area contributed by atoms with Gasteiger partial charge in [-0.1, -0.05) is 23.4 Å². The van der Waals surface area contributed by atoms with Crippen LogP contribution >= 0.6 is 11.6 Å². The van der Waals surface area contributed by atoms with Crippen LogP contribution in [0, 0.1) is 11.8 Å². The summed E-state index contributed by atoms with van der Waals surface area (Å²) in [6, 6.07) is 9.25. The van der Waals surface area contributed by atoms with Crippen molar-refractivity contribution in [1.29, 1.82) is 0 Å². The molecule has 96 valence electrons. The second-order valence-electron chi connectivity index (χ2n) is 3.83. The molecule has 1 aromatic carbocycles. The average molecular weight is 274 g/mol. The third-order valence-electron chi connectivity index (χ3n) is 2.43. The van der Waals surface area contributed by atoms with Crippen LogP contribution in [0.3, 0.4) is 0 Å². The molecule has 0 spiro atoms. The van der Waals surface area contributed by atoms with E-state index in [1.807, 2.05) is 24.3 Å². The topological polar surface area (TPSA) is 39.2 Å². The fraction of sp³-hybridized carbons (Fsp3) is 0.200. The van der Waals surface area contributed by atoms with Gasteiger partial charge in [0.25, 0.3) is 0 Å². The monoisotopic (exact) mass is 273 g/mol. The number of nitrogens with zero attached hydrogens (tertiary/aromatic N) is 1. The van der Waals surface area contributed by atoms with E-state index >= 15 is 0 Å². The van der Waals surface area contributed by atoms with Crippen molar-refractivity contribution in [3.05, 3.63) is 41.0 Å². The van der Waals surface area contributed by atoms with Gasteiger partial charge in [-0.05, 0) is 37.3 Å². The Hall–Kier alpha value is -2.05. The molecule has 0 N–H and O–H groups in total. The summed E-state index contributed by atoms with van der Waals surface area (Å²) in [5.74, 6) is 5.42. The molecule has 0 aliphatic heterocycles. The first kappa shape index (κ1) is 13.4. The average Bonchev–Trinajstić information content (AvgIpc) is 2.39. The minimum Gasteiger partial charge on any atom is -0.465 e. The number of halogens is 1. The van der Waals surface area contributed by atoms with Gasteiger partial charge in [-0.3, -0.25) is 4.79 Å². The maximum Gasteiger partial charge on any atom is 0.317 e. The Morgan fingerprint density at radius 1 is 1.37 bits per heavy atom. The highest BCUT2D eigenvalue weighted by Gasteiger charge is 1.98. The molecule has 19 heavy (non-hydrogen) atoms. The smallest absolute Gasteiger partial charge is 0.317 e. The summed E-state index contributed by atoms with van der Waals surface area (Å²) >= 11 is 5.82. The van der Waals surface area contributed by atoms with Gasteiger partial charge >= 0.3 is 5.97 Å². The third-order valence-corrected chi connectivity index (χ3v) is 2.64. The number of ether oxygens (including phenoxy) is 1. The summed E-state index contributed by atoms with van der Waals surface area (Å²) in [4.78, 5) is 15.3. The standard InChI is InChI=1S/C15H12ClNO2/c1-2-19-15(18)5-3-4-11-6-8-13-12(10-11)7-9-14(16)17-13/h6-10H,2,5H2,1H3. The van der Waals surface area contributed by atoms with Gasteiger partial charge in [0, 0.05) is 10.9 Å². The fourth-order valence-corrected chi connectivity index (χ4v) is 1.76. The lowest BCUT2D eigenvalue weighted by molar-refractivity contribution is -0.141. The zero-order chi connectivity index (χ0) is 13.7. The van der Waals surface area contributed by atoms with Crippen molar-refractivity contribution in [2.24, 2.45) is 0 Å². The maximum absolute atomic E-state index is 11.1. The number of carbonyl (C=O) groups excluding carboxylic acids is 1. The Balaban J connectivity index is 2.16. The van der Waals surface area contributed by atoms with Crippen molar-refractivity contribution in [2.75, 3.05) is 6.61 Å². The summed E-state index contributed by atoms with van der Waals surface area (Å²) in [6.07, 6.45) is 0.102. The lowest BCUT2D eigenvalue weighted by Crippen LogP contribution is -2.01. The Kier molecular flexibility index (Phi) is 4.38. The number of pyridine rings is 1. The zero-order valence-corrected chi connectivity index (χ0v) is 11.2. The van der Waals surface area contributed by atoms with Crippen LogP contribution in [-0.4, -0.2) is 17.6 Å². The Bertz CT molecular complexity index is 671. The van der Waals surface area contributed by atoms with Gasteiger partial charge in [-0.25, -0.2) is 4.98 Å². The Morgan fingerprint density at radius 3 is 3.00 bits per heavy atom. The quantitative estimate of drug-likeness (QED) is 0.479. The Labute approximate surface area is 116 Å². The van der Waals surface area contributed by atoms with Crippen molar-refractivity contribution in [3.63, 3.8) is 0 Å². The molecule has 0 unspecified atom stereocenters. The number of hydrogen-bond acceptors (Lipinski definition) is 3. The van der Waals surface area contributed by atoms with Gasteiger partial charge in [-0.2, -0.15) is 0 Å². The first-order valence-corrected chi connectivity index (χ1v) is 6.27. The SMILES string of the molecule is CCOC(=O)CC#Cc1ccc2nc(Cl)ccc2c1. The largest absolute Gasteiger partial charge is 0.465 e. The van der Waals surface area contributed by atoms with E-state index in [9.17, 15) is 4.79 Å². The number of aromatic nitrogens is 1. The van der Waals surface area contributed by atoms with Crippen LogP contribution in [-0.2, 0) is 9.53 Å². The molecule has 0 bridgehead atoms. The normalized spacial score (nSPS) is 9.79. The van der Waals surface area contributed by atoms with Crippen molar-refractivity contribution in [2.45, 2.75) is 13.3 Å². The van der Waals surface area contributed by atoms with Crippen LogP contribution in [0.4, 0.5) is 0 Å². The number of benzene rings is 1. The molecule has 2 rings (SSSR count). The van der Waals surface area contributed by atoms with Gasteiger partial charge in [0.15, 0.2) is 0 Å². The summed E-state index contributed by atoms with van der Waals surface area (Å²) in [5, 5.41) is 1.43. The van der Waals surface area contributed by atoms with Gasteiger partial charge in [0.1, 0.15) is 11.6 Å². The highest BCUT2D eigenvalue weighted by Crippen LogP contribution is 2.16. The van der Waals surface area contributed by atoms with Crippen molar-refractivity contribution < 1.29 is 9.53 Å². The molecular formula is C15H12ClNO2. The summed E-state index contributed by atoms with van der Waals surface area (Å²) < 4.78 is 4.80. The lowest BCUT2D eigenvalue weighted by Gasteiger charge is -1.98. The molecule has 0 amide bonds. The number of hydrogen-bond donors (Lipinski definition) is 0. The van der Waals surface area contributed by atoms with E-state index in [4.69, 9.17) is 16.3 Å². The minimum absolute atomic E-state index is 0.102. The molecule has 0 saturated heterocycles. The summed E-state index contributed by atoms with van der Waals surface area (Å²) in [7, 11) is 0. The highest BCUT2D eigenvalue weighted by molar-refractivity contribution is 6.29. The van der Waals surface area contributed by atoms with E-state index < -0.39 is 0 Å².